The minimum Gasteiger partial charge on any atom is -0.390 e. The number of benzene rings is 3. The minimum atomic E-state index is -2.93. The summed E-state index contributed by atoms with van der Waals surface area (Å²) in [4.78, 5) is 13.9. The number of amides is 1. The first kappa shape index (κ1) is 32.5. The summed E-state index contributed by atoms with van der Waals surface area (Å²) >= 11 is 7.04. The lowest BCUT2D eigenvalue weighted by atomic mass is 9.94. The Bertz CT molecular complexity index is 1370. The summed E-state index contributed by atoms with van der Waals surface area (Å²) in [5, 5.41) is 17.8. The number of hydrogen-bond donors (Lipinski definition) is 5. The van der Waals surface area contributed by atoms with Gasteiger partial charge in [-0.3, -0.25) is 18.2 Å². The Labute approximate surface area is 273 Å². The molecule has 3 aromatic carbocycles. The van der Waals surface area contributed by atoms with Crippen LogP contribution in [0.1, 0.15) is 71.5 Å². The van der Waals surface area contributed by atoms with Crippen LogP contribution in [0.4, 0.5) is 5.69 Å². The van der Waals surface area contributed by atoms with E-state index in [1.165, 1.54) is 0 Å². The zero-order chi connectivity index (χ0) is 30.4. The number of anilines is 1. The molecule has 43 heavy (non-hydrogen) atoms. The number of aliphatic hydroxyl groups is 1. The van der Waals surface area contributed by atoms with Crippen LogP contribution in [0.15, 0.2) is 75.7 Å². The molecule has 3 aromatic rings. The largest absolute Gasteiger partial charge is 0.390 e. The molecule has 0 radical (unpaired) electrons. The van der Waals surface area contributed by atoms with Gasteiger partial charge in [0.15, 0.2) is 0 Å². The van der Waals surface area contributed by atoms with Crippen molar-refractivity contribution < 1.29 is 19.0 Å². The predicted octanol–water partition coefficient (Wildman–Crippen LogP) is 7.63. The van der Waals surface area contributed by atoms with Crippen LogP contribution in [0.25, 0.3) is 0 Å². The number of halogens is 2. The summed E-state index contributed by atoms with van der Waals surface area (Å²) in [5.74, 6) is 0.425. The molecule has 5 N–H and O–H groups in total. The monoisotopic (exact) mass is 733 g/mol. The lowest BCUT2D eigenvalue weighted by molar-refractivity contribution is 0.0830. The van der Waals surface area contributed by atoms with E-state index < -0.39 is 22.9 Å². The molecule has 1 heterocycles. The summed E-state index contributed by atoms with van der Waals surface area (Å²) in [5.41, 5.74) is 4.33. The number of nitrogens with one attached hydrogen (secondary N) is 2. The van der Waals surface area contributed by atoms with E-state index in [4.69, 9.17) is 0 Å². The molecule has 2 fully saturated rings. The van der Waals surface area contributed by atoms with Gasteiger partial charge < -0.3 is 15.7 Å². The van der Waals surface area contributed by atoms with Crippen LogP contribution < -0.4 is 14.9 Å². The zero-order valence-electron chi connectivity index (χ0n) is 24.2. The fraction of sp³-hybridized carbons (Fsp3) is 0.424. The third kappa shape index (κ3) is 8.84. The first-order valence-corrected chi connectivity index (χ1v) is 18.3. The number of carbonyl (C=O) groups excluding carboxylic acids is 1. The van der Waals surface area contributed by atoms with Crippen LogP contribution >= 0.6 is 42.6 Å². The zero-order valence-corrected chi connectivity index (χ0v) is 28.2. The van der Waals surface area contributed by atoms with Gasteiger partial charge in [0.1, 0.15) is 0 Å². The molecule has 1 saturated heterocycles. The smallest absolute Gasteiger partial charge is 0.251 e. The molecule has 2 aliphatic rings. The molecular formula is C33H41Br2N3O4S. The maximum absolute atomic E-state index is 13.9. The van der Waals surface area contributed by atoms with Gasteiger partial charge >= 0.3 is 0 Å². The summed E-state index contributed by atoms with van der Waals surface area (Å²) in [6.07, 6.45) is 5.73. The molecule has 1 saturated carbocycles. The number of aliphatic hydroxyl groups excluding tert-OH is 1. The van der Waals surface area contributed by atoms with E-state index in [2.05, 4.69) is 42.5 Å². The maximum Gasteiger partial charge on any atom is 0.251 e. The molecule has 1 aliphatic carbocycles. The van der Waals surface area contributed by atoms with Crippen LogP contribution in [-0.2, 0) is 13.0 Å². The van der Waals surface area contributed by atoms with Gasteiger partial charge in [-0.15, -0.1) is 10.8 Å². The van der Waals surface area contributed by atoms with E-state index in [0.29, 0.717) is 49.0 Å². The van der Waals surface area contributed by atoms with Crippen molar-refractivity contribution in [1.29, 1.82) is 0 Å². The van der Waals surface area contributed by atoms with Crippen molar-refractivity contribution >= 4 is 54.2 Å². The summed E-state index contributed by atoms with van der Waals surface area (Å²) in [7, 11) is -2.93. The Hall–Kier alpha value is -1.92. The van der Waals surface area contributed by atoms with Gasteiger partial charge in [-0.05, 0) is 91.1 Å². The molecule has 232 valence electrons. The van der Waals surface area contributed by atoms with E-state index >= 15 is 0 Å². The first-order valence-electron chi connectivity index (χ1n) is 15.0. The average molecular weight is 736 g/mol. The molecule has 5 rings (SSSR count). The van der Waals surface area contributed by atoms with Gasteiger partial charge in [-0.25, -0.2) is 0 Å². The number of nitrogens with zero attached hydrogens (tertiary/aromatic N) is 1. The lowest BCUT2D eigenvalue weighted by Gasteiger charge is -2.47. The molecular weight excluding hydrogens is 694 g/mol. The van der Waals surface area contributed by atoms with Crippen LogP contribution in [0.5, 0.6) is 0 Å². The first-order chi connectivity index (χ1) is 20.7. The van der Waals surface area contributed by atoms with Crippen LogP contribution in [0.2, 0.25) is 0 Å². The van der Waals surface area contributed by atoms with Gasteiger partial charge in [0.25, 0.3) is 5.91 Å². The highest BCUT2D eigenvalue weighted by molar-refractivity contribution is 9.11. The highest BCUT2D eigenvalue weighted by atomic mass is 79.9. The molecule has 7 nitrogen and oxygen atoms in total. The predicted molar refractivity (Wildman–Crippen MR) is 183 cm³/mol. The molecule has 0 bridgehead atoms. The number of rotatable bonds is 11. The van der Waals surface area contributed by atoms with E-state index in [1.807, 2.05) is 60.7 Å². The van der Waals surface area contributed by atoms with Crippen molar-refractivity contribution in [2.24, 2.45) is 0 Å². The van der Waals surface area contributed by atoms with Crippen LogP contribution in [0, 0.1) is 0 Å². The van der Waals surface area contributed by atoms with E-state index in [9.17, 15) is 19.0 Å². The molecule has 1 amide bonds. The van der Waals surface area contributed by atoms with Crippen LogP contribution in [-0.4, -0.2) is 51.1 Å². The van der Waals surface area contributed by atoms with Crippen molar-refractivity contribution in [2.45, 2.75) is 69.6 Å². The highest BCUT2D eigenvalue weighted by Gasteiger charge is 2.30. The molecule has 0 unspecified atom stereocenters. The molecule has 0 spiro atoms. The van der Waals surface area contributed by atoms with E-state index in [0.717, 1.165) is 64.2 Å². The fourth-order valence-electron chi connectivity index (χ4n) is 6.13. The second-order valence-corrected chi connectivity index (χ2v) is 15.6. The lowest BCUT2D eigenvalue weighted by Crippen LogP contribution is -2.48. The summed E-state index contributed by atoms with van der Waals surface area (Å²) < 4.78 is 25.4. The van der Waals surface area contributed by atoms with Gasteiger partial charge in [0, 0.05) is 34.1 Å². The second-order valence-electron chi connectivity index (χ2n) is 11.7. The van der Waals surface area contributed by atoms with Crippen molar-refractivity contribution in [3.8, 4) is 0 Å². The fourth-order valence-corrected chi connectivity index (χ4v) is 9.20. The number of hydrogen-bond acceptors (Lipinski definition) is 6. The Morgan fingerprint density at radius 2 is 1.65 bits per heavy atom. The van der Waals surface area contributed by atoms with Gasteiger partial charge in [-0.2, -0.15) is 0 Å². The topological polar surface area (TPSA) is 105 Å². The average Bonchev–Trinajstić information content (AvgIpc) is 3.52. The number of carbonyl (C=O) groups is 1. The highest BCUT2D eigenvalue weighted by Crippen LogP contribution is 2.50. The van der Waals surface area contributed by atoms with Gasteiger partial charge in [-0.1, -0.05) is 75.0 Å². The molecule has 2 atom stereocenters. The van der Waals surface area contributed by atoms with Crippen molar-refractivity contribution in [3.63, 3.8) is 0 Å². The standard InChI is InChI=1S/C33H41Br2N3O4S/c34-28-14-24(15-29(35)20-28)21-36-22-32(39)31(16-23-8-2-1-3-9-23)37-33(40)27-17-26(25-10-4-5-11-25)18-30(19-27)38-12-6-7-13-43(38,41)42/h1-3,8-9,14-15,17-20,25,31-32,36,39,41-42H,4-7,10-13,16,21-22H2,(H,37,40)/t31-,32-/m0/s1. The van der Waals surface area contributed by atoms with E-state index in [1.54, 1.807) is 10.4 Å². The maximum atomic E-state index is 13.9. The van der Waals surface area contributed by atoms with Crippen molar-refractivity contribution in [2.75, 3.05) is 23.1 Å². The third-order valence-corrected chi connectivity index (χ3v) is 11.2. The Balaban J connectivity index is 1.36. The quantitative estimate of drug-likeness (QED) is 0.139. The Kier molecular flexibility index (Phi) is 11.3. The molecule has 0 aromatic heterocycles. The van der Waals surface area contributed by atoms with E-state index in [-0.39, 0.29) is 5.91 Å². The van der Waals surface area contributed by atoms with Gasteiger partial charge in [0.05, 0.1) is 23.6 Å². The van der Waals surface area contributed by atoms with Crippen LogP contribution in [0.3, 0.4) is 0 Å². The SMILES string of the molecule is O=C(N[C@@H](Cc1ccccc1)[C@@H](O)CNCc1cc(Br)cc(Br)c1)c1cc(C2CCCC2)cc(N2CCCCS2(O)O)c1. The Morgan fingerprint density at radius 3 is 2.35 bits per heavy atom. The molecule has 1 aliphatic heterocycles. The normalized spacial score (nSPS) is 19.1. The van der Waals surface area contributed by atoms with Crippen molar-refractivity contribution in [3.05, 3.63) is 97.9 Å². The summed E-state index contributed by atoms with van der Waals surface area (Å²) in [6.45, 7) is 1.41. The third-order valence-electron chi connectivity index (χ3n) is 8.38. The minimum absolute atomic E-state index is 0.273. The van der Waals surface area contributed by atoms with Gasteiger partial charge in [0.2, 0.25) is 0 Å². The Morgan fingerprint density at radius 1 is 0.930 bits per heavy atom. The van der Waals surface area contributed by atoms with Crippen molar-refractivity contribution in [1.82, 2.24) is 10.6 Å². The molecule has 10 heteroatoms. The summed E-state index contributed by atoms with van der Waals surface area (Å²) in [6, 6.07) is 21.1. The second kappa shape index (κ2) is 14.9.